The summed E-state index contributed by atoms with van der Waals surface area (Å²) < 4.78 is 5.58. The van der Waals surface area contributed by atoms with Crippen molar-refractivity contribution in [2.24, 2.45) is 0 Å². The van der Waals surface area contributed by atoms with Gasteiger partial charge in [0.1, 0.15) is 0 Å². The number of ether oxygens (including phenoxy) is 1. The zero-order valence-electron chi connectivity index (χ0n) is 18.4. The van der Waals surface area contributed by atoms with Crippen molar-refractivity contribution in [1.29, 1.82) is 0 Å². The van der Waals surface area contributed by atoms with Gasteiger partial charge in [-0.2, -0.15) is 0 Å². The number of hydrogen-bond donors (Lipinski definition) is 1. The first-order chi connectivity index (χ1) is 14.5. The van der Waals surface area contributed by atoms with E-state index in [0.29, 0.717) is 6.54 Å². The van der Waals surface area contributed by atoms with Gasteiger partial charge in [-0.1, -0.05) is 29.3 Å². The van der Waals surface area contributed by atoms with Gasteiger partial charge in [0.05, 0.1) is 19.3 Å². The van der Waals surface area contributed by atoms with Crippen molar-refractivity contribution in [3.8, 4) is 0 Å². The lowest BCUT2D eigenvalue weighted by molar-refractivity contribution is 0.0162. The number of aryl methyl sites for hydroxylation is 3. The summed E-state index contributed by atoms with van der Waals surface area (Å²) in [5.41, 5.74) is 7.00. The van der Waals surface area contributed by atoms with Crippen LogP contribution in [-0.4, -0.2) is 57.2 Å². The standard InChI is InChI=1S/C25H33N3O2/c1-18-13-19(2)15-22(14-18)25(29)26-17-24(28-9-11-30-12-10-28)21-6-7-23-20(16-21)5-4-8-27(23)3/h6-7,13-16,24H,4-5,8-12,17H2,1-3H3,(H,26,29). The maximum absolute atomic E-state index is 12.9. The Morgan fingerprint density at radius 2 is 1.80 bits per heavy atom. The molecule has 2 heterocycles. The topological polar surface area (TPSA) is 44.8 Å². The molecule has 2 aromatic carbocycles. The van der Waals surface area contributed by atoms with Crippen LogP contribution in [0, 0.1) is 13.8 Å². The Morgan fingerprint density at radius 3 is 2.53 bits per heavy atom. The van der Waals surface area contributed by atoms with Crippen LogP contribution in [0.5, 0.6) is 0 Å². The number of hydrogen-bond acceptors (Lipinski definition) is 4. The van der Waals surface area contributed by atoms with E-state index < -0.39 is 0 Å². The predicted octanol–water partition coefficient (Wildman–Crippen LogP) is 3.49. The van der Waals surface area contributed by atoms with E-state index >= 15 is 0 Å². The van der Waals surface area contributed by atoms with Gasteiger partial charge in [-0.15, -0.1) is 0 Å². The summed E-state index contributed by atoms with van der Waals surface area (Å²) in [5.74, 6) is -0.00208. The van der Waals surface area contributed by atoms with Crippen molar-refractivity contribution in [3.05, 3.63) is 64.2 Å². The number of carbonyl (C=O) groups excluding carboxylic acids is 1. The molecule has 0 aromatic heterocycles. The van der Waals surface area contributed by atoms with E-state index in [-0.39, 0.29) is 11.9 Å². The van der Waals surface area contributed by atoms with Crippen LogP contribution < -0.4 is 10.2 Å². The smallest absolute Gasteiger partial charge is 0.251 e. The molecule has 2 aliphatic rings. The van der Waals surface area contributed by atoms with Crippen molar-refractivity contribution in [1.82, 2.24) is 10.2 Å². The van der Waals surface area contributed by atoms with Gasteiger partial charge in [0, 0.05) is 44.5 Å². The molecule has 5 nitrogen and oxygen atoms in total. The fraction of sp³-hybridized carbons (Fsp3) is 0.480. The molecule has 2 aliphatic heterocycles. The second-order valence-electron chi connectivity index (χ2n) is 8.66. The van der Waals surface area contributed by atoms with Gasteiger partial charge in [-0.05, 0) is 56.0 Å². The monoisotopic (exact) mass is 407 g/mol. The summed E-state index contributed by atoms with van der Waals surface area (Å²) in [6.45, 7) is 9.05. The average Bonchev–Trinajstić information content (AvgIpc) is 2.74. The highest BCUT2D eigenvalue weighted by atomic mass is 16.5. The Morgan fingerprint density at radius 1 is 1.07 bits per heavy atom. The van der Waals surface area contributed by atoms with Crippen LogP contribution in [0.3, 0.4) is 0 Å². The molecule has 1 N–H and O–H groups in total. The number of benzene rings is 2. The molecular weight excluding hydrogens is 374 g/mol. The first kappa shape index (κ1) is 20.9. The van der Waals surface area contributed by atoms with Crippen molar-refractivity contribution < 1.29 is 9.53 Å². The molecule has 0 aliphatic carbocycles. The molecule has 1 atom stereocenters. The lowest BCUT2D eigenvalue weighted by Gasteiger charge is -2.36. The van der Waals surface area contributed by atoms with Gasteiger partial charge in [0.25, 0.3) is 5.91 Å². The van der Waals surface area contributed by atoms with Gasteiger partial charge in [-0.25, -0.2) is 0 Å². The quantitative estimate of drug-likeness (QED) is 0.824. The molecular formula is C25H33N3O2. The summed E-state index contributed by atoms with van der Waals surface area (Å²) in [4.78, 5) is 17.7. The van der Waals surface area contributed by atoms with Crippen LogP contribution in [-0.2, 0) is 11.2 Å². The zero-order chi connectivity index (χ0) is 21.1. The molecule has 0 saturated carbocycles. The van der Waals surface area contributed by atoms with Crippen molar-refractivity contribution >= 4 is 11.6 Å². The largest absolute Gasteiger partial charge is 0.379 e. The Bertz CT molecular complexity index is 885. The highest BCUT2D eigenvalue weighted by molar-refractivity contribution is 5.94. The summed E-state index contributed by atoms with van der Waals surface area (Å²) in [6, 6.07) is 13.0. The number of anilines is 1. The minimum atomic E-state index is -0.00208. The van der Waals surface area contributed by atoms with Gasteiger partial charge in [-0.3, -0.25) is 9.69 Å². The van der Waals surface area contributed by atoms with E-state index in [2.05, 4.69) is 46.4 Å². The lowest BCUT2D eigenvalue weighted by atomic mass is 9.95. The third-order valence-electron chi connectivity index (χ3n) is 6.27. The molecule has 1 unspecified atom stereocenters. The Kier molecular flexibility index (Phi) is 6.40. The van der Waals surface area contributed by atoms with E-state index in [1.807, 2.05) is 26.0 Å². The summed E-state index contributed by atoms with van der Waals surface area (Å²) >= 11 is 0. The van der Waals surface area contributed by atoms with Crippen LogP contribution in [0.4, 0.5) is 5.69 Å². The third kappa shape index (κ3) is 4.68. The van der Waals surface area contributed by atoms with Gasteiger partial charge in [0.2, 0.25) is 0 Å². The molecule has 4 rings (SSSR count). The van der Waals surface area contributed by atoms with E-state index in [4.69, 9.17) is 4.74 Å². The number of nitrogens with zero attached hydrogens (tertiary/aromatic N) is 2. The maximum atomic E-state index is 12.9. The average molecular weight is 408 g/mol. The first-order valence-electron chi connectivity index (χ1n) is 11.0. The van der Waals surface area contributed by atoms with Crippen molar-refractivity contribution in [2.45, 2.75) is 32.7 Å². The SMILES string of the molecule is Cc1cc(C)cc(C(=O)NCC(c2ccc3c(c2)CCCN3C)N2CCOCC2)c1. The van der Waals surface area contributed by atoms with Crippen LogP contribution in [0.2, 0.25) is 0 Å². The molecule has 1 fully saturated rings. The summed E-state index contributed by atoms with van der Waals surface area (Å²) in [7, 11) is 2.17. The fourth-order valence-electron chi connectivity index (χ4n) is 4.76. The van der Waals surface area contributed by atoms with E-state index in [1.54, 1.807) is 0 Å². The first-order valence-corrected chi connectivity index (χ1v) is 11.0. The van der Waals surface area contributed by atoms with Gasteiger partial charge >= 0.3 is 0 Å². The molecule has 30 heavy (non-hydrogen) atoms. The molecule has 0 bridgehead atoms. The summed E-state index contributed by atoms with van der Waals surface area (Å²) in [5, 5.41) is 3.21. The molecule has 0 spiro atoms. The molecule has 1 amide bonds. The number of morpholine rings is 1. The minimum absolute atomic E-state index is 0.00208. The molecule has 1 saturated heterocycles. The number of carbonyl (C=O) groups is 1. The van der Waals surface area contributed by atoms with E-state index in [0.717, 1.165) is 56.0 Å². The normalized spacial score (nSPS) is 18.0. The Labute approximate surface area is 180 Å². The van der Waals surface area contributed by atoms with Gasteiger partial charge < -0.3 is 15.0 Å². The summed E-state index contributed by atoms with van der Waals surface area (Å²) in [6.07, 6.45) is 2.32. The Hall–Kier alpha value is -2.37. The maximum Gasteiger partial charge on any atom is 0.251 e. The third-order valence-corrected chi connectivity index (χ3v) is 6.27. The second kappa shape index (κ2) is 9.19. The van der Waals surface area contributed by atoms with Crippen molar-refractivity contribution in [3.63, 3.8) is 0 Å². The van der Waals surface area contributed by atoms with Gasteiger partial charge in [0.15, 0.2) is 0 Å². The predicted molar refractivity (Wildman–Crippen MR) is 121 cm³/mol. The highest BCUT2D eigenvalue weighted by Crippen LogP contribution is 2.31. The minimum Gasteiger partial charge on any atom is -0.379 e. The Balaban J connectivity index is 1.55. The fourth-order valence-corrected chi connectivity index (χ4v) is 4.76. The molecule has 5 heteroatoms. The number of rotatable bonds is 5. The van der Waals surface area contributed by atoms with Crippen LogP contribution >= 0.6 is 0 Å². The zero-order valence-corrected chi connectivity index (χ0v) is 18.4. The molecule has 160 valence electrons. The van der Waals surface area contributed by atoms with Crippen LogP contribution in [0.25, 0.3) is 0 Å². The lowest BCUT2D eigenvalue weighted by Crippen LogP contribution is -2.44. The number of amides is 1. The number of nitrogens with one attached hydrogen (secondary N) is 1. The van der Waals surface area contributed by atoms with Crippen LogP contribution in [0.1, 0.15) is 45.1 Å². The number of fused-ring (bicyclic) bond motifs is 1. The van der Waals surface area contributed by atoms with Crippen molar-refractivity contribution in [2.75, 3.05) is 51.3 Å². The molecule has 2 aromatic rings. The van der Waals surface area contributed by atoms with E-state index in [1.165, 1.54) is 23.2 Å². The second-order valence-corrected chi connectivity index (χ2v) is 8.66. The highest BCUT2D eigenvalue weighted by Gasteiger charge is 2.25. The van der Waals surface area contributed by atoms with E-state index in [9.17, 15) is 4.79 Å². The molecule has 0 radical (unpaired) electrons. The van der Waals surface area contributed by atoms with Crippen LogP contribution in [0.15, 0.2) is 36.4 Å².